The van der Waals surface area contributed by atoms with Crippen molar-refractivity contribution < 1.29 is 18.7 Å². The molecule has 0 unspecified atom stereocenters. The summed E-state index contributed by atoms with van der Waals surface area (Å²) in [6.45, 7) is 1.16. The minimum Gasteiger partial charge on any atom is -0.496 e. The fraction of sp³-hybridized carbons (Fsp3) is 0.462. The SMILES string of the molecule is COc1ccc(F)cc1C(=O)N1CC[C@H](OC)C1. The van der Waals surface area contributed by atoms with Crippen LogP contribution >= 0.6 is 0 Å². The first-order valence-electron chi connectivity index (χ1n) is 5.81. The van der Waals surface area contributed by atoms with E-state index in [9.17, 15) is 9.18 Å². The molecule has 0 saturated carbocycles. The lowest BCUT2D eigenvalue weighted by atomic mass is 10.1. The van der Waals surface area contributed by atoms with Crippen LogP contribution in [-0.2, 0) is 4.74 Å². The first-order valence-corrected chi connectivity index (χ1v) is 5.81. The summed E-state index contributed by atoms with van der Waals surface area (Å²) in [4.78, 5) is 13.9. The van der Waals surface area contributed by atoms with Crippen LogP contribution in [0.5, 0.6) is 5.75 Å². The van der Waals surface area contributed by atoms with Gasteiger partial charge >= 0.3 is 0 Å². The molecule has 1 aliphatic heterocycles. The van der Waals surface area contributed by atoms with Crippen LogP contribution in [0.4, 0.5) is 4.39 Å². The molecule has 0 aliphatic carbocycles. The molecule has 0 spiro atoms. The van der Waals surface area contributed by atoms with E-state index in [1.165, 1.54) is 25.3 Å². The van der Waals surface area contributed by atoms with Gasteiger partial charge in [-0.2, -0.15) is 0 Å². The minimum absolute atomic E-state index is 0.0634. The van der Waals surface area contributed by atoms with Gasteiger partial charge in [-0.1, -0.05) is 0 Å². The van der Waals surface area contributed by atoms with Gasteiger partial charge in [0.05, 0.1) is 18.8 Å². The van der Waals surface area contributed by atoms with E-state index in [1.54, 1.807) is 12.0 Å². The minimum atomic E-state index is -0.443. The lowest BCUT2D eigenvalue weighted by molar-refractivity contribution is 0.0720. The monoisotopic (exact) mass is 253 g/mol. The summed E-state index contributed by atoms with van der Waals surface area (Å²) in [6.07, 6.45) is 0.869. The van der Waals surface area contributed by atoms with Crippen LogP contribution in [0, 0.1) is 5.82 Å². The highest BCUT2D eigenvalue weighted by molar-refractivity contribution is 5.97. The second kappa shape index (κ2) is 5.35. The average molecular weight is 253 g/mol. The number of carbonyl (C=O) groups is 1. The number of hydrogen-bond acceptors (Lipinski definition) is 3. The smallest absolute Gasteiger partial charge is 0.257 e. The number of benzene rings is 1. The maximum absolute atomic E-state index is 13.2. The Labute approximate surface area is 105 Å². The molecule has 0 bridgehead atoms. The van der Waals surface area contributed by atoms with Gasteiger partial charge in [0.1, 0.15) is 11.6 Å². The maximum atomic E-state index is 13.2. The van der Waals surface area contributed by atoms with Crippen molar-refractivity contribution in [2.24, 2.45) is 0 Å². The summed E-state index contributed by atoms with van der Waals surface area (Å²) < 4.78 is 23.5. The molecule has 0 N–H and O–H groups in total. The van der Waals surface area contributed by atoms with Crippen LogP contribution in [0.3, 0.4) is 0 Å². The first kappa shape index (κ1) is 12.8. The Morgan fingerprint density at radius 1 is 1.44 bits per heavy atom. The molecule has 1 fully saturated rings. The molecule has 1 aliphatic rings. The van der Waals surface area contributed by atoms with Crippen molar-refractivity contribution in [1.29, 1.82) is 0 Å². The standard InChI is InChI=1S/C13H16FNO3/c1-17-10-5-6-15(8-10)13(16)11-7-9(14)3-4-12(11)18-2/h3-4,7,10H,5-6,8H2,1-2H3/t10-/m0/s1. The van der Waals surface area contributed by atoms with E-state index < -0.39 is 5.82 Å². The van der Waals surface area contributed by atoms with Crippen LogP contribution in [-0.4, -0.2) is 44.2 Å². The molecule has 1 saturated heterocycles. The van der Waals surface area contributed by atoms with Crippen molar-refractivity contribution in [2.45, 2.75) is 12.5 Å². The summed E-state index contributed by atoms with van der Waals surface area (Å²) >= 11 is 0. The fourth-order valence-electron chi connectivity index (χ4n) is 2.12. The van der Waals surface area contributed by atoms with E-state index in [2.05, 4.69) is 0 Å². The number of hydrogen-bond donors (Lipinski definition) is 0. The Kier molecular flexibility index (Phi) is 3.81. The summed E-state index contributed by atoms with van der Waals surface area (Å²) in [5, 5.41) is 0. The molecule has 4 nitrogen and oxygen atoms in total. The van der Waals surface area contributed by atoms with Gasteiger partial charge in [-0.3, -0.25) is 4.79 Å². The molecular weight excluding hydrogens is 237 g/mol. The Hall–Kier alpha value is -1.62. The number of rotatable bonds is 3. The Morgan fingerprint density at radius 2 is 2.22 bits per heavy atom. The number of nitrogens with zero attached hydrogens (tertiary/aromatic N) is 1. The largest absolute Gasteiger partial charge is 0.496 e. The molecule has 0 radical (unpaired) electrons. The van der Waals surface area contributed by atoms with Gasteiger partial charge in [-0.05, 0) is 24.6 Å². The number of ether oxygens (including phenoxy) is 2. The van der Waals surface area contributed by atoms with Crippen molar-refractivity contribution in [1.82, 2.24) is 4.90 Å². The molecule has 0 aromatic heterocycles. The van der Waals surface area contributed by atoms with Gasteiger partial charge in [-0.15, -0.1) is 0 Å². The Bertz CT molecular complexity index is 450. The molecule has 2 rings (SSSR count). The van der Waals surface area contributed by atoms with E-state index in [0.29, 0.717) is 18.8 Å². The van der Waals surface area contributed by atoms with Crippen LogP contribution in [0.25, 0.3) is 0 Å². The highest BCUT2D eigenvalue weighted by atomic mass is 19.1. The Balaban J connectivity index is 2.21. The summed E-state index contributed by atoms with van der Waals surface area (Å²) in [5.41, 5.74) is 0.259. The molecule has 1 atom stereocenters. The molecular formula is C13H16FNO3. The molecule has 18 heavy (non-hydrogen) atoms. The van der Waals surface area contributed by atoms with E-state index in [4.69, 9.17) is 9.47 Å². The van der Waals surface area contributed by atoms with Crippen LogP contribution in [0.1, 0.15) is 16.8 Å². The topological polar surface area (TPSA) is 38.8 Å². The third kappa shape index (κ3) is 2.46. The summed E-state index contributed by atoms with van der Waals surface area (Å²) in [7, 11) is 3.09. The van der Waals surface area contributed by atoms with Crippen molar-refractivity contribution in [3.05, 3.63) is 29.6 Å². The van der Waals surface area contributed by atoms with Gasteiger partial charge in [0.2, 0.25) is 0 Å². The van der Waals surface area contributed by atoms with E-state index in [1.807, 2.05) is 0 Å². The van der Waals surface area contributed by atoms with Crippen LogP contribution in [0.2, 0.25) is 0 Å². The number of likely N-dealkylation sites (tertiary alicyclic amines) is 1. The van der Waals surface area contributed by atoms with Gasteiger partial charge in [0.25, 0.3) is 5.91 Å². The quantitative estimate of drug-likeness (QED) is 0.823. The predicted octanol–water partition coefficient (Wildman–Crippen LogP) is 1.70. The van der Waals surface area contributed by atoms with Crippen molar-refractivity contribution in [2.75, 3.05) is 27.3 Å². The van der Waals surface area contributed by atoms with E-state index in [-0.39, 0.29) is 17.6 Å². The van der Waals surface area contributed by atoms with Crippen LogP contribution in [0.15, 0.2) is 18.2 Å². The molecule has 1 heterocycles. The molecule has 1 aromatic rings. The molecule has 5 heteroatoms. The zero-order valence-corrected chi connectivity index (χ0v) is 10.5. The number of amides is 1. The molecule has 1 amide bonds. The van der Waals surface area contributed by atoms with Crippen molar-refractivity contribution in [3.63, 3.8) is 0 Å². The number of methoxy groups -OCH3 is 2. The second-order valence-electron chi connectivity index (χ2n) is 4.24. The van der Waals surface area contributed by atoms with Crippen molar-refractivity contribution >= 4 is 5.91 Å². The highest BCUT2D eigenvalue weighted by Crippen LogP contribution is 2.23. The van der Waals surface area contributed by atoms with Crippen molar-refractivity contribution in [3.8, 4) is 5.75 Å². The third-order valence-electron chi connectivity index (χ3n) is 3.16. The zero-order chi connectivity index (χ0) is 13.1. The number of carbonyl (C=O) groups excluding carboxylic acids is 1. The van der Waals surface area contributed by atoms with Gasteiger partial charge in [-0.25, -0.2) is 4.39 Å². The fourth-order valence-corrected chi connectivity index (χ4v) is 2.12. The predicted molar refractivity (Wildman–Crippen MR) is 64.3 cm³/mol. The maximum Gasteiger partial charge on any atom is 0.257 e. The second-order valence-corrected chi connectivity index (χ2v) is 4.24. The highest BCUT2D eigenvalue weighted by Gasteiger charge is 2.28. The average Bonchev–Trinajstić information content (AvgIpc) is 2.86. The summed E-state index contributed by atoms with van der Waals surface area (Å²) in [6, 6.07) is 3.95. The normalized spacial score (nSPS) is 19.1. The Morgan fingerprint density at radius 3 is 2.83 bits per heavy atom. The summed E-state index contributed by atoms with van der Waals surface area (Å²) in [5.74, 6) is -0.269. The molecule has 98 valence electrons. The van der Waals surface area contributed by atoms with E-state index in [0.717, 1.165) is 6.42 Å². The lowest BCUT2D eigenvalue weighted by Crippen LogP contribution is -2.30. The molecule has 1 aromatic carbocycles. The zero-order valence-electron chi connectivity index (χ0n) is 10.5. The van der Waals surface area contributed by atoms with Gasteiger partial charge < -0.3 is 14.4 Å². The number of halogens is 1. The van der Waals surface area contributed by atoms with Crippen LogP contribution < -0.4 is 4.74 Å². The van der Waals surface area contributed by atoms with Gasteiger partial charge in [0, 0.05) is 20.2 Å². The third-order valence-corrected chi connectivity index (χ3v) is 3.16. The van der Waals surface area contributed by atoms with E-state index >= 15 is 0 Å². The lowest BCUT2D eigenvalue weighted by Gasteiger charge is -2.17. The first-order chi connectivity index (χ1) is 8.65. The van der Waals surface area contributed by atoms with Gasteiger partial charge in [0.15, 0.2) is 0 Å².